The minimum atomic E-state index is -4.44. The lowest BCUT2D eigenvalue weighted by atomic mass is 10.3. The predicted molar refractivity (Wildman–Crippen MR) is 95.2 cm³/mol. The molecule has 0 amide bonds. The zero-order valence-corrected chi connectivity index (χ0v) is 15.3. The number of fused-ring (bicyclic) bond motifs is 1. The van der Waals surface area contributed by atoms with Crippen molar-refractivity contribution in [2.75, 3.05) is 43.1 Å². The number of imidazole rings is 1. The summed E-state index contributed by atoms with van der Waals surface area (Å²) in [5.74, 6) is 0.672. The minimum absolute atomic E-state index is 0.282. The van der Waals surface area contributed by atoms with Crippen molar-refractivity contribution in [3.63, 3.8) is 0 Å². The summed E-state index contributed by atoms with van der Waals surface area (Å²) in [6.45, 7) is 3.40. The summed E-state index contributed by atoms with van der Waals surface area (Å²) < 4.78 is 49.2. The fraction of sp³-hybridized carbons (Fsp3) is 0.438. The first kappa shape index (κ1) is 18.0. The van der Waals surface area contributed by atoms with Crippen molar-refractivity contribution in [2.24, 2.45) is 0 Å². The van der Waals surface area contributed by atoms with Gasteiger partial charge < -0.3 is 18.9 Å². The van der Waals surface area contributed by atoms with Gasteiger partial charge in [0.2, 0.25) is 5.13 Å². The molecule has 0 spiro atoms. The lowest BCUT2D eigenvalue weighted by Crippen LogP contribution is -2.46. The Labute approximate surface area is 157 Å². The molecule has 1 aliphatic heterocycles. The van der Waals surface area contributed by atoms with E-state index in [-0.39, 0.29) is 5.65 Å². The first-order valence-corrected chi connectivity index (χ1v) is 9.09. The van der Waals surface area contributed by atoms with Gasteiger partial charge >= 0.3 is 6.18 Å². The molecule has 4 heterocycles. The van der Waals surface area contributed by atoms with E-state index in [1.54, 1.807) is 25.4 Å². The van der Waals surface area contributed by atoms with Gasteiger partial charge in [0, 0.05) is 57.2 Å². The summed E-state index contributed by atoms with van der Waals surface area (Å²) >= 11 is 1.35. The number of piperazine rings is 1. The van der Waals surface area contributed by atoms with Crippen molar-refractivity contribution >= 4 is 28.0 Å². The van der Waals surface area contributed by atoms with Gasteiger partial charge in [-0.3, -0.25) is 0 Å². The van der Waals surface area contributed by atoms with Crippen LogP contribution in [0.3, 0.4) is 0 Å². The van der Waals surface area contributed by atoms with E-state index in [4.69, 9.17) is 4.74 Å². The van der Waals surface area contributed by atoms with Gasteiger partial charge in [-0.05, 0) is 12.1 Å². The van der Waals surface area contributed by atoms with E-state index in [2.05, 4.69) is 24.1 Å². The van der Waals surface area contributed by atoms with Gasteiger partial charge in [-0.2, -0.15) is 17.5 Å². The molecule has 0 saturated carbocycles. The first-order valence-electron chi connectivity index (χ1n) is 8.31. The topological polar surface area (TPSA) is 58.8 Å². The summed E-state index contributed by atoms with van der Waals surface area (Å²) in [5, 5.41) is 0.863. The van der Waals surface area contributed by atoms with Crippen LogP contribution in [0.1, 0.15) is 11.5 Å². The zero-order chi connectivity index (χ0) is 19.0. The maximum absolute atomic E-state index is 12.8. The van der Waals surface area contributed by atoms with Crippen LogP contribution in [0, 0.1) is 0 Å². The molecule has 1 aliphatic rings. The Bertz CT molecular complexity index is 932. The second-order valence-electron chi connectivity index (χ2n) is 6.18. The number of hydrogen-bond acceptors (Lipinski definition) is 7. The van der Waals surface area contributed by atoms with Crippen molar-refractivity contribution in [1.82, 2.24) is 18.7 Å². The van der Waals surface area contributed by atoms with Gasteiger partial charge in [0.1, 0.15) is 12.3 Å². The normalized spacial score (nSPS) is 15.7. The number of pyridine rings is 1. The molecule has 3 aromatic rings. The van der Waals surface area contributed by atoms with Crippen LogP contribution in [0.2, 0.25) is 0 Å². The molecule has 0 atom stereocenters. The van der Waals surface area contributed by atoms with E-state index in [9.17, 15) is 13.2 Å². The monoisotopic (exact) mass is 398 g/mol. The molecule has 1 fully saturated rings. The van der Waals surface area contributed by atoms with E-state index in [0.717, 1.165) is 43.2 Å². The van der Waals surface area contributed by atoms with Crippen LogP contribution in [0.25, 0.3) is 5.65 Å². The molecule has 0 N–H and O–H groups in total. The maximum Gasteiger partial charge on any atom is 0.434 e. The largest absolute Gasteiger partial charge is 0.434 e. The SMILES string of the molecule is COCc1nsc(N2CCN(c3ccc4nc(C(F)(F)F)cn4c3)CC2)n1. The van der Waals surface area contributed by atoms with Crippen molar-refractivity contribution in [2.45, 2.75) is 12.8 Å². The first-order chi connectivity index (χ1) is 12.9. The number of ether oxygens (including phenoxy) is 1. The van der Waals surface area contributed by atoms with Gasteiger partial charge in [-0.1, -0.05) is 0 Å². The highest BCUT2D eigenvalue weighted by Crippen LogP contribution is 2.29. The molecule has 0 radical (unpaired) electrons. The lowest BCUT2D eigenvalue weighted by molar-refractivity contribution is -0.140. The second-order valence-corrected chi connectivity index (χ2v) is 6.91. The summed E-state index contributed by atoms with van der Waals surface area (Å²) in [6, 6.07) is 3.42. The molecule has 0 unspecified atom stereocenters. The third-order valence-electron chi connectivity index (χ3n) is 4.37. The van der Waals surface area contributed by atoms with Crippen LogP contribution < -0.4 is 9.80 Å². The fourth-order valence-electron chi connectivity index (χ4n) is 3.02. The summed E-state index contributed by atoms with van der Waals surface area (Å²) in [6.07, 6.45) is -1.73. The third-order valence-corrected chi connectivity index (χ3v) is 5.19. The maximum atomic E-state index is 12.8. The standard InChI is InChI=1S/C16H17F3N6OS/c1-26-10-13-21-15(27-22-13)24-6-4-23(5-7-24)11-2-3-14-20-12(16(17,18)19)9-25(14)8-11/h2-3,8-9H,4-7,10H2,1H3. The van der Waals surface area contributed by atoms with E-state index >= 15 is 0 Å². The van der Waals surface area contributed by atoms with E-state index in [0.29, 0.717) is 12.4 Å². The molecule has 0 aromatic carbocycles. The van der Waals surface area contributed by atoms with Gasteiger partial charge in [-0.15, -0.1) is 0 Å². The number of rotatable bonds is 4. The van der Waals surface area contributed by atoms with Gasteiger partial charge in [-0.25, -0.2) is 9.97 Å². The molecular formula is C16H17F3N6OS. The average molecular weight is 398 g/mol. The Morgan fingerprint density at radius 2 is 1.81 bits per heavy atom. The molecule has 144 valence electrons. The number of nitrogens with zero attached hydrogens (tertiary/aromatic N) is 6. The highest BCUT2D eigenvalue weighted by molar-refractivity contribution is 7.09. The molecule has 0 bridgehead atoms. The molecule has 11 heteroatoms. The molecule has 0 aliphatic carbocycles. The van der Waals surface area contributed by atoms with Crippen molar-refractivity contribution in [3.8, 4) is 0 Å². The van der Waals surface area contributed by atoms with Gasteiger partial charge in [0.05, 0.1) is 5.69 Å². The summed E-state index contributed by atoms with van der Waals surface area (Å²) in [5.41, 5.74) is 0.266. The Hall–Kier alpha value is -2.40. The molecule has 1 saturated heterocycles. The summed E-state index contributed by atoms with van der Waals surface area (Å²) in [7, 11) is 1.61. The number of alkyl halides is 3. The number of methoxy groups -OCH3 is 1. The third kappa shape index (κ3) is 3.69. The number of hydrogen-bond donors (Lipinski definition) is 0. The van der Waals surface area contributed by atoms with Gasteiger partial charge in [0.15, 0.2) is 11.5 Å². The zero-order valence-electron chi connectivity index (χ0n) is 14.5. The molecule has 4 rings (SSSR count). The van der Waals surface area contributed by atoms with E-state index in [1.807, 2.05) is 0 Å². The Kier molecular flexibility index (Phi) is 4.64. The Morgan fingerprint density at radius 1 is 1.07 bits per heavy atom. The van der Waals surface area contributed by atoms with Crippen LogP contribution in [-0.2, 0) is 17.5 Å². The molecule has 27 heavy (non-hydrogen) atoms. The van der Waals surface area contributed by atoms with Crippen LogP contribution in [-0.4, -0.2) is 52.0 Å². The quantitative estimate of drug-likeness (QED) is 0.674. The average Bonchev–Trinajstić information content (AvgIpc) is 3.28. The van der Waals surface area contributed by atoms with E-state index < -0.39 is 11.9 Å². The highest BCUT2D eigenvalue weighted by Gasteiger charge is 2.34. The Morgan fingerprint density at radius 3 is 2.52 bits per heavy atom. The smallest absolute Gasteiger partial charge is 0.377 e. The van der Waals surface area contributed by atoms with Crippen LogP contribution in [0.15, 0.2) is 24.5 Å². The molecular weight excluding hydrogens is 381 g/mol. The van der Waals surface area contributed by atoms with Crippen molar-refractivity contribution in [3.05, 3.63) is 36.0 Å². The fourth-order valence-corrected chi connectivity index (χ4v) is 3.75. The number of aromatic nitrogens is 4. The second kappa shape index (κ2) is 6.97. The van der Waals surface area contributed by atoms with Gasteiger partial charge in [0.25, 0.3) is 0 Å². The van der Waals surface area contributed by atoms with Crippen LogP contribution >= 0.6 is 11.5 Å². The van der Waals surface area contributed by atoms with Crippen molar-refractivity contribution < 1.29 is 17.9 Å². The van der Waals surface area contributed by atoms with Crippen LogP contribution in [0.4, 0.5) is 24.0 Å². The minimum Gasteiger partial charge on any atom is -0.377 e. The molecule has 7 nitrogen and oxygen atoms in total. The lowest BCUT2D eigenvalue weighted by Gasteiger charge is -2.35. The Balaban J connectivity index is 1.45. The highest BCUT2D eigenvalue weighted by atomic mass is 32.1. The summed E-state index contributed by atoms with van der Waals surface area (Å²) in [4.78, 5) is 12.4. The number of halogens is 3. The van der Waals surface area contributed by atoms with Crippen LogP contribution in [0.5, 0.6) is 0 Å². The van der Waals surface area contributed by atoms with E-state index in [1.165, 1.54) is 15.9 Å². The number of anilines is 2. The van der Waals surface area contributed by atoms with Crippen molar-refractivity contribution in [1.29, 1.82) is 0 Å². The predicted octanol–water partition coefficient (Wildman–Crippen LogP) is 2.68. The molecule has 3 aromatic heterocycles.